The second-order valence-electron chi connectivity index (χ2n) is 6.43. The number of aromatic nitrogens is 3. The Morgan fingerprint density at radius 1 is 1.03 bits per heavy atom. The molecule has 3 N–H and O–H groups in total. The molecule has 2 aromatic carbocycles. The molecule has 0 spiro atoms. The maximum Gasteiger partial charge on any atom is 0.191 e. The van der Waals surface area contributed by atoms with Gasteiger partial charge >= 0.3 is 0 Å². The molecule has 0 unspecified atom stereocenters. The second-order valence-corrected chi connectivity index (χ2v) is 6.43. The monoisotopic (exact) mass is 394 g/mol. The van der Waals surface area contributed by atoms with E-state index in [4.69, 9.17) is 9.47 Å². The number of rotatable bonds is 7. The van der Waals surface area contributed by atoms with Crippen LogP contribution in [0.15, 0.2) is 47.5 Å². The van der Waals surface area contributed by atoms with E-state index in [1.54, 1.807) is 21.3 Å². The van der Waals surface area contributed by atoms with Crippen LogP contribution >= 0.6 is 0 Å². The van der Waals surface area contributed by atoms with Crippen molar-refractivity contribution in [3.63, 3.8) is 0 Å². The average Bonchev–Trinajstić information content (AvgIpc) is 3.23. The van der Waals surface area contributed by atoms with Gasteiger partial charge in [-0.05, 0) is 42.8 Å². The van der Waals surface area contributed by atoms with Gasteiger partial charge in [-0.25, -0.2) is 4.98 Å². The largest absolute Gasteiger partial charge is 0.497 e. The predicted octanol–water partition coefficient (Wildman–Crippen LogP) is 2.66. The van der Waals surface area contributed by atoms with Gasteiger partial charge in [-0.2, -0.15) is 5.10 Å². The number of nitrogens with one attached hydrogen (secondary N) is 3. The topological polar surface area (TPSA) is 96.5 Å². The van der Waals surface area contributed by atoms with Crippen LogP contribution in [0.3, 0.4) is 0 Å². The van der Waals surface area contributed by atoms with Crippen molar-refractivity contribution in [1.29, 1.82) is 0 Å². The lowest BCUT2D eigenvalue weighted by Crippen LogP contribution is -2.36. The number of nitrogens with zero attached hydrogens (tertiary/aromatic N) is 3. The summed E-state index contributed by atoms with van der Waals surface area (Å²) < 4.78 is 10.6. The first-order chi connectivity index (χ1) is 14.1. The van der Waals surface area contributed by atoms with E-state index in [1.165, 1.54) is 0 Å². The van der Waals surface area contributed by atoms with Gasteiger partial charge in [0.1, 0.15) is 17.3 Å². The SMILES string of the molecule is CN=C(NCc1nc(-c2ccc(OC)cc2)n[nH]1)NCc1ccc(C)cc1OC. The smallest absolute Gasteiger partial charge is 0.191 e. The zero-order valence-corrected chi connectivity index (χ0v) is 17.1. The van der Waals surface area contributed by atoms with Gasteiger partial charge in [0.25, 0.3) is 0 Å². The Hall–Kier alpha value is -3.55. The Morgan fingerprint density at radius 3 is 2.48 bits per heavy atom. The van der Waals surface area contributed by atoms with Crippen LogP contribution in [0.4, 0.5) is 0 Å². The Bertz CT molecular complexity index is 966. The highest BCUT2D eigenvalue weighted by molar-refractivity contribution is 5.79. The number of methoxy groups -OCH3 is 2. The Labute approximate surface area is 170 Å². The number of benzene rings is 2. The molecular formula is C21H26N6O2. The molecule has 8 heteroatoms. The molecule has 0 atom stereocenters. The van der Waals surface area contributed by atoms with Crippen molar-refractivity contribution in [2.75, 3.05) is 21.3 Å². The van der Waals surface area contributed by atoms with E-state index in [-0.39, 0.29) is 0 Å². The lowest BCUT2D eigenvalue weighted by atomic mass is 10.1. The fourth-order valence-corrected chi connectivity index (χ4v) is 2.81. The molecule has 0 bridgehead atoms. The quantitative estimate of drug-likeness (QED) is 0.421. The fraction of sp³-hybridized carbons (Fsp3) is 0.286. The minimum absolute atomic E-state index is 0.466. The molecule has 3 aromatic rings. The number of guanidine groups is 1. The molecule has 0 saturated carbocycles. The van der Waals surface area contributed by atoms with E-state index >= 15 is 0 Å². The third-order valence-corrected chi connectivity index (χ3v) is 4.42. The van der Waals surface area contributed by atoms with Crippen LogP contribution in [-0.4, -0.2) is 42.4 Å². The molecular weight excluding hydrogens is 368 g/mol. The zero-order chi connectivity index (χ0) is 20.6. The molecule has 8 nitrogen and oxygen atoms in total. The number of aryl methyl sites for hydroxylation is 1. The molecule has 0 radical (unpaired) electrons. The van der Waals surface area contributed by atoms with Gasteiger partial charge in [-0.1, -0.05) is 12.1 Å². The van der Waals surface area contributed by atoms with E-state index in [0.717, 1.165) is 28.2 Å². The molecule has 0 aliphatic heterocycles. The molecule has 0 fully saturated rings. The maximum absolute atomic E-state index is 5.45. The van der Waals surface area contributed by atoms with Crippen LogP contribution in [0, 0.1) is 6.92 Å². The first-order valence-corrected chi connectivity index (χ1v) is 9.26. The summed E-state index contributed by atoms with van der Waals surface area (Å²) in [6.07, 6.45) is 0. The number of aromatic amines is 1. The van der Waals surface area contributed by atoms with Crippen LogP contribution in [-0.2, 0) is 13.1 Å². The third-order valence-electron chi connectivity index (χ3n) is 4.42. The average molecular weight is 394 g/mol. The maximum atomic E-state index is 5.45. The lowest BCUT2D eigenvalue weighted by molar-refractivity contribution is 0.408. The van der Waals surface area contributed by atoms with Crippen LogP contribution < -0.4 is 20.1 Å². The molecule has 1 aromatic heterocycles. The molecule has 1 heterocycles. The first-order valence-electron chi connectivity index (χ1n) is 9.26. The van der Waals surface area contributed by atoms with Gasteiger partial charge < -0.3 is 20.1 Å². The Morgan fingerprint density at radius 2 is 1.79 bits per heavy atom. The van der Waals surface area contributed by atoms with Crippen LogP contribution in [0.25, 0.3) is 11.4 Å². The lowest BCUT2D eigenvalue weighted by Gasteiger charge is -2.13. The summed E-state index contributed by atoms with van der Waals surface area (Å²) in [5, 5.41) is 13.7. The molecule has 0 aliphatic carbocycles. The van der Waals surface area contributed by atoms with Gasteiger partial charge in [-0.3, -0.25) is 10.1 Å². The minimum atomic E-state index is 0.466. The van der Waals surface area contributed by atoms with Crippen molar-refractivity contribution in [3.8, 4) is 22.9 Å². The van der Waals surface area contributed by atoms with Gasteiger partial charge in [0.15, 0.2) is 11.8 Å². The summed E-state index contributed by atoms with van der Waals surface area (Å²) in [7, 11) is 5.04. The summed E-state index contributed by atoms with van der Waals surface area (Å²) in [4.78, 5) is 8.78. The zero-order valence-electron chi connectivity index (χ0n) is 17.1. The Balaban J connectivity index is 1.56. The van der Waals surface area contributed by atoms with Gasteiger partial charge in [-0.15, -0.1) is 0 Å². The third kappa shape index (κ3) is 5.25. The van der Waals surface area contributed by atoms with Crippen molar-refractivity contribution in [3.05, 3.63) is 59.4 Å². The van der Waals surface area contributed by atoms with E-state index in [9.17, 15) is 0 Å². The van der Waals surface area contributed by atoms with Crippen LogP contribution in [0.5, 0.6) is 11.5 Å². The summed E-state index contributed by atoms with van der Waals surface area (Å²) >= 11 is 0. The fourth-order valence-electron chi connectivity index (χ4n) is 2.81. The highest BCUT2D eigenvalue weighted by Gasteiger charge is 2.08. The van der Waals surface area contributed by atoms with Gasteiger partial charge in [0.2, 0.25) is 0 Å². The van der Waals surface area contributed by atoms with E-state index in [2.05, 4.69) is 36.9 Å². The van der Waals surface area contributed by atoms with E-state index in [1.807, 2.05) is 43.3 Å². The molecule has 0 amide bonds. The van der Waals surface area contributed by atoms with Gasteiger partial charge in [0, 0.05) is 24.7 Å². The summed E-state index contributed by atoms with van der Waals surface area (Å²) in [5.41, 5.74) is 3.14. The molecule has 3 rings (SSSR count). The van der Waals surface area contributed by atoms with Crippen LogP contribution in [0.1, 0.15) is 17.0 Å². The van der Waals surface area contributed by atoms with Crippen molar-refractivity contribution in [2.24, 2.45) is 4.99 Å². The summed E-state index contributed by atoms with van der Waals surface area (Å²) in [6, 6.07) is 13.7. The number of H-pyrrole nitrogens is 1. The first kappa shape index (κ1) is 20.2. The van der Waals surface area contributed by atoms with Crippen molar-refractivity contribution in [1.82, 2.24) is 25.8 Å². The molecule has 29 heavy (non-hydrogen) atoms. The molecule has 0 aliphatic rings. The second kappa shape index (κ2) is 9.59. The van der Waals surface area contributed by atoms with E-state index in [0.29, 0.717) is 30.7 Å². The minimum Gasteiger partial charge on any atom is -0.497 e. The number of hydrogen-bond acceptors (Lipinski definition) is 5. The standard InChI is InChI=1S/C21H26N6O2/c1-14-5-6-16(18(11-14)29-4)12-23-21(22-2)24-13-19-25-20(27-26-19)15-7-9-17(28-3)10-8-15/h5-11H,12-13H2,1-4H3,(H2,22,23,24)(H,25,26,27). The van der Waals surface area contributed by atoms with Crippen LogP contribution in [0.2, 0.25) is 0 Å². The highest BCUT2D eigenvalue weighted by atomic mass is 16.5. The summed E-state index contributed by atoms with van der Waals surface area (Å²) in [5.74, 6) is 3.66. The van der Waals surface area contributed by atoms with Crippen molar-refractivity contribution < 1.29 is 9.47 Å². The van der Waals surface area contributed by atoms with Gasteiger partial charge in [0.05, 0.1) is 20.8 Å². The van der Waals surface area contributed by atoms with Crippen molar-refractivity contribution >= 4 is 5.96 Å². The Kier molecular flexibility index (Phi) is 6.67. The molecule has 0 saturated heterocycles. The van der Waals surface area contributed by atoms with Crippen molar-refractivity contribution in [2.45, 2.75) is 20.0 Å². The highest BCUT2D eigenvalue weighted by Crippen LogP contribution is 2.20. The number of ether oxygens (including phenoxy) is 2. The predicted molar refractivity (Wildman–Crippen MR) is 113 cm³/mol. The number of hydrogen-bond donors (Lipinski definition) is 3. The van der Waals surface area contributed by atoms with E-state index < -0.39 is 0 Å². The normalized spacial score (nSPS) is 11.2. The number of aliphatic imine (C=N–C) groups is 1. The molecule has 152 valence electrons. The summed E-state index contributed by atoms with van der Waals surface area (Å²) in [6.45, 7) is 3.10.